The topological polar surface area (TPSA) is 98.4 Å². The van der Waals surface area contributed by atoms with E-state index in [0.29, 0.717) is 40.8 Å². The zero-order valence-corrected chi connectivity index (χ0v) is 18.4. The van der Waals surface area contributed by atoms with Gasteiger partial charge in [0.15, 0.2) is 11.5 Å². The molecule has 4 aromatic rings. The van der Waals surface area contributed by atoms with Gasteiger partial charge in [-0.2, -0.15) is 14.7 Å². The van der Waals surface area contributed by atoms with Crippen LogP contribution in [0.2, 0.25) is 0 Å². The average Bonchev–Trinajstić information content (AvgIpc) is 3.41. The molecule has 1 amide bonds. The number of nitrogens with one attached hydrogen (secondary N) is 2. The number of hydrogen-bond acceptors (Lipinski definition) is 6. The number of fused-ring (bicyclic) bond motifs is 2. The third kappa shape index (κ3) is 3.58. The Morgan fingerprint density at radius 1 is 1.28 bits per heavy atom. The maximum absolute atomic E-state index is 13.1. The molecule has 3 heterocycles. The SMILES string of the molecule is CNC1CC[C@@H](n2cc3cc(C(=O)Nc4cnc5cccnn45)c(OC)cc3n2)[C@H](C)C1. The van der Waals surface area contributed by atoms with E-state index in [1.165, 1.54) is 0 Å². The van der Waals surface area contributed by atoms with Gasteiger partial charge >= 0.3 is 0 Å². The Bertz CT molecular complexity index is 1280. The largest absolute Gasteiger partial charge is 0.496 e. The van der Waals surface area contributed by atoms with Crippen molar-refractivity contribution >= 4 is 28.3 Å². The molecule has 1 fully saturated rings. The fourth-order valence-electron chi connectivity index (χ4n) is 4.72. The van der Waals surface area contributed by atoms with Crippen LogP contribution in [0.25, 0.3) is 16.6 Å². The summed E-state index contributed by atoms with van der Waals surface area (Å²) in [4.78, 5) is 17.4. The van der Waals surface area contributed by atoms with E-state index in [1.807, 2.05) is 31.4 Å². The zero-order valence-electron chi connectivity index (χ0n) is 18.4. The molecule has 0 aliphatic heterocycles. The molecule has 1 aliphatic carbocycles. The summed E-state index contributed by atoms with van der Waals surface area (Å²) in [6.45, 7) is 2.28. The van der Waals surface area contributed by atoms with Crippen molar-refractivity contribution < 1.29 is 9.53 Å². The minimum Gasteiger partial charge on any atom is -0.496 e. The molecule has 1 aromatic carbocycles. The highest BCUT2D eigenvalue weighted by Crippen LogP contribution is 2.35. The molecule has 5 rings (SSSR count). The monoisotopic (exact) mass is 433 g/mol. The fraction of sp³-hybridized carbons (Fsp3) is 0.391. The van der Waals surface area contributed by atoms with E-state index in [9.17, 15) is 4.79 Å². The van der Waals surface area contributed by atoms with Crippen molar-refractivity contribution in [2.75, 3.05) is 19.5 Å². The van der Waals surface area contributed by atoms with E-state index < -0.39 is 0 Å². The summed E-state index contributed by atoms with van der Waals surface area (Å²) >= 11 is 0. The van der Waals surface area contributed by atoms with Crippen molar-refractivity contribution in [3.8, 4) is 5.75 Å². The number of carbonyl (C=O) groups excluding carboxylic acids is 1. The second-order valence-corrected chi connectivity index (χ2v) is 8.45. The summed E-state index contributed by atoms with van der Waals surface area (Å²) in [5, 5.41) is 16.3. The van der Waals surface area contributed by atoms with Gasteiger partial charge in [-0.05, 0) is 50.4 Å². The van der Waals surface area contributed by atoms with E-state index in [1.54, 1.807) is 30.1 Å². The van der Waals surface area contributed by atoms with Crippen LogP contribution in [0.15, 0.2) is 42.9 Å². The van der Waals surface area contributed by atoms with Crippen LogP contribution in [0, 0.1) is 5.92 Å². The zero-order chi connectivity index (χ0) is 22.2. The summed E-state index contributed by atoms with van der Waals surface area (Å²) in [5.74, 6) is 1.21. The quantitative estimate of drug-likeness (QED) is 0.501. The van der Waals surface area contributed by atoms with Crippen molar-refractivity contribution in [2.24, 2.45) is 5.92 Å². The van der Waals surface area contributed by atoms with Gasteiger partial charge in [0.25, 0.3) is 5.91 Å². The smallest absolute Gasteiger partial charge is 0.260 e. The fourth-order valence-corrected chi connectivity index (χ4v) is 4.72. The van der Waals surface area contributed by atoms with Gasteiger partial charge in [0.2, 0.25) is 0 Å². The number of benzene rings is 1. The number of ether oxygens (including phenoxy) is 1. The molecule has 1 saturated carbocycles. The van der Waals surface area contributed by atoms with Crippen LogP contribution >= 0.6 is 0 Å². The highest BCUT2D eigenvalue weighted by atomic mass is 16.5. The first-order chi connectivity index (χ1) is 15.6. The highest BCUT2D eigenvalue weighted by Gasteiger charge is 2.29. The molecule has 32 heavy (non-hydrogen) atoms. The second-order valence-electron chi connectivity index (χ2n) is 8.45. The van der Waals surface area contributed by atoms with Gasteiger partial charge in [0.05, 0.1) is 30.4 Å². The molecule has 9 heteroatoms. The predicted molar refractivity (Wildman–Crippen MR) is 122 cm³/mol. The van der Waals surface area contributed by atoms with Crippen LogP contribution in [0.4, 0.5) is 5.82 Å². The standard InChI is InChI=1S/C23H27N7O2/c1-14-9-16(24-2)6-7-19(14)29-13-15-10-17(20(32-3)11-18(15)28-29)23(31)27-22-12-25-21-5-4-8-26-30(21)22/h4-5,8,10-14,16,19,24H,6-7,9H2,1-3H3,(H,27,31)/t14-,16?,19-/m1/s1. The first-order valence-corrected chi connectivity index (χ1v) is 10.9. The molecule has 0 bridgehead atoms. The number of nitrogens with zero attached hydrogens (tertiary/aromatic N) is 5. The molecule has 0 radical (unpaired) electrons. The molecule has 2 N–H and O–H groups in total. The van der Waals surface area contributed by atoms with E-state index >= 15 is 0 Å². The van der Waals surface area contributed by atoms with Crippen molar-refractivity contribution in [1.82, 2.24) is 29.7 Å². The van der Waals surface area contributed by atoms with Gasteiger partial charge in [-0.15, -0.1) is 0 Å². The molecule has 3 aromatic heterocycles. The second kappa shape index (κ2) is 8.23. The maximum atomic E-state index is 13.1. The highest BCUT2D eigenvalue weighted by molar-refractivity contribution is 6.08. The summed E-state index contributed by atoms with van der Waals surface area (Å²) in [6, 6.07) is 8.21. The third-order valence-corrected chi connectivity index (χ3v) is 6.48. The van der Waals surface area contributed by atoms with Crippen LogP contribution in [0.1, 0.15) is 42.6 Å². The molecule has 1 unspecified atom stereocenters. The van der Waals surface area contributed by atoms with Crippen LogP contribution in [-0.4, -0.2) is 50.5 Å². The first kappa shape index (κ1) is 20.4. The number of imidazole rings is 1. The number of hydrogen-bond donors (Lipinski definition) is 2. The van der Waals surface area contributed by atoms with Gasteiger partial charge in [-0.25, -0.2) is 4.98 Å². The summed E-state index contributed by atoms with van der Waals surface area (Å²) in [7, 11) is 3.59. The van der Waals surface area contributed by atoms with Gasteiger partial charge in [0, 0.05) is 29.9 Å². The summed E-state index contributed by atoms with van der Waals surface area (Å²) in [5.41, 5.74) is 1.92. The Hall–Kier alpha value is -3.46. The number of rotatable bonds is 5. The lowest BCUT2D eigenvalue weighted by molar-refractivity contribution is 0.102. The predicted octanol–water partition coefficient (Wildman–Crippen LogP) is 3.29. The lowest BCUT2D eigenvalue weighted by Crippen LogP contribution is -2.35. The van der Waals surface area contributed by atoms with Crippen molar-refractivity contribution in [3.63, 3.8) is 0 Å². The molecule has 3 atom stereocenters. The number of anilines is 1. The van der Waals surface area contributed by atoms with Crippen LogP contribution in [0.3, 0.4) is 0 Å². The van der Waals surface area contributed by atoms with E-state index in [0.717, 1.165) is 30.2 Å². The Morgan fingerprint density at radius 3 is 2.94 bits per heavy atom. The minimum absolute atomic E-state index is 0.285. The number of aromatic nitrogens is 5. The number of carbonyl (C=O) groups is 1. The van der Waals surface area contributed by atoms with E-state index in [2.05, 4.69) is 32.3 Å². The molecular formula is C23H27N7O2. The molecule has 9 nitrogen and oxygen atoms in total. The van der Waals surface area contributed by atoms with Crippen LogP contribution in [0.5, 0.6) is 5.75 Å². The Labute approximate surface area is 185 Å². The summed E-state index contributed by atoms with van der Waals surface area (Å²) < 4.78 is 9.18. The van der Waals surface area contributed by atoms with Crippen molar-refractivity contribution in [1.29, 1.82) is 0 Å². The molecule has 0 spiro atoms. The van der Waals surface area contributed by atoms with Crippen molar-refractivity contribution in [2.45, 2.75) is 38.3 Å². The van der Waals surface area contributed by atoms with Crippen molar-refractivity contribution in [3.05, 3.63) is 48.4 Å². The molecule has 166 valence electrons. The lowest BCUT2D eigenvalue weighted by Gasteiger charge is -2.34. The Kier molecular flexibility index (Phi) is 5.26. The molecule has 0 saturated heterocycles. The van der Waals surface area contributed by atoms with Gasteiger partial charge in [0.1, 0.15) is 5.75 Å². The Balaban J connectivity index is 1.45. The minimum atomic E-state index is -0.285. The molecular weight excluding hydrogens is 406 g/mol. The number of amides is 1. The van der Waals surface area contributed by atoms with Gasteiger partial charge < -0.3 is 15.4 Å². The maximum Gasteiger partial charge on any atom is 0.260 e. The normalized spacial score (nSPS) is 21.2. The lowest BCUT2D eigenvalue weighted by atomic mass is 9.83. The van der Waals surface area contributed by atoms with Gasteiger partial charge in [-0.3, -0.25) is 9.48 Å². The third-order valence-electron chi connectivity index (χ3n) is 6.48. The van der Waals surface area contributed by atoms with Crippen LogP contribution in [-0.2, 0) is 0 Å². The van der Waals surface area contributed by atoms with Gasteiger partial charge in [-0.1, -0.05) is 6.92 Å². The van der Waals surface area contributed by atoms with E-state index in [4.69, 9.17) is 9.84 Å². The average molecular weight is 434 g/mol. The molecule has 1 aliphatic rings. The first-order valence-electron chi connectivity index (χ1n) is 10.9. The Morgan fingerprint density at radius 2 is 2.16 bits per heavy atom. The number of methoxy groups -OCH3 is 1. The van der Waals surface area contributed by atoms with Crippen LogP contribution < -0.4 is 15.4 Å². The summed E-state index contributed by atoms with van der Waals surface area (Å²) in [6.07, 6.45) is 8.62. The van der Waals surface area contributed by atoms with E-state index in [-0.39, 0.29) is 5.91 Å².